The number of fused-ring (bicyclic) bond motifs is 2. The van der Waals surface area contributed by atoms with Gasteiger partial charge in [0.25, 0.3) is 0 Å². The number of anilines is 1. The zero-order chi connectivity index (χ0) is 25.2. The molecule has 0 unspecified atom stereocenters. The van der Waals surface area contributed by atoms with Gasteiger partial charge in [0.05, 0.1) is 16.1 Å². The van der Waals surface area contributed by atoms with Crippen molar-refractivity contribution in [1.29, 1.82) is 0 Å². The molecule has 37 heavy (non-hydrogen) atoms. The molecule has 0 bridgehead atoms. The van der Waals surface area contributed by atoms with Crippen molar-refractivity contribution in [3.8, 4) is 16.9 Å². The number of hydrogen-bond donors (Lipinski definition) is 1. The molecule has 4 heteroatoms. The van der Waals surface area contributed by atoms with Gasteiger partial charge >= 0.3 is 0 Å². The van der Waals surface area contributed by atoms with Crippen molar-refractivity contribution >= 4 is 34.4 Å². The van der Waals surface area contributed by atoms with Gasteiger partial charge in [0, 0.05) is 29.6 Å². The molecule has 1 N–H and O–H groups in total. The van der Waals surface area contributed by atoms with Crippen molar-refractivity contribution in [3.63, 3.8) is 0 Å². The van der Waals surface area contributed by atoms with Crippen LogP contribution < -0.4 is 9.47 Å². The van der Waals surface area contributed by atoms with Crippen LogP contribution in [0.15, 0.2) is 131 Å². The quantitative estimate of drug-likeness (QED) is 0.252. The molecule has 5 aromatic rings. The lowest BCUT2D eigenvalue weighted by Crippen LogP contribution is -2.34. The van der Waals surface area contributed by atoms with Gasteiger partial charge in [-0.2, -0.15) is 4.57 Å². The summed E-state index contributed by atoms with van der Waals surface area (Å²) in [6, 6.07) is 35.3. The van der Waals surface area contributed by atoms with Crippen molar-refractivity contribution in [3.05, 3.63) is 138 Å². The fourth-order valence-corrected chi connectivity index (χ4v) is 5.91. The van der Waals surface area contributed by atoms with E-state index in [1.165, 1.54) is 37.7 Å². The number of phenols is 1. The van der Waals surface area contributed by atoms with Crippen LogP contribution in [-0.2, 0) is 6.54 Å². The first-order valence-corrected chi connectivity index (χ1v) is 13.2. The summed E-state index contributed by atoms with van der Waals surface area (Å²) < 4.78 is 2.22. The van der Waals surface area contributed by atoms with Gasteiger partial charge in [-0.25, -0.2) is 0 Å². The Bertz CT molecular complexity index is 1660. The van der Waals surface area contributed by atoms with Crippen LogP contribution in [0, 0.1) is 0 Å². The lowest BCUT2D eigenvalue weighted by molar-refractivity contribution is -0.662. The maximum Gasteiger partial charge on any atom is 0.213 e. The summed E-state index contributed by atoms with van der Waals surface area (Å²) in [5.74, 6) is 0.295. The van der Waals surface area contributed by atoms with Crippen LogP contribution in [0.25, 0.3) is 28.1 Å². The van der Waals surface area contributed by atoms with E-state index in [1.807, 2.05) is 30.0 Å². The van der Waals surface area contributed by atoms with E-state index in [0.29, 0.717) is 12.3 Å². The van der Waals surface area contributed by atoms with E-state index in [9.17, 15) is 5.11 Å². The number of phenolic OH excluding ortho intramolecular Hbond substituents is 1. The van der Waals surface area contributed by atoms with Crippen LogP contribution in [-0.4, -0.2) is 12.2 Å². The normalized spacial score (nSPS) is 14.1. The number of thioether (sulfide) groups is 1. The van der Waals surface area contributed by atoms with E-state index < -0.39 is 0 Å². The molecule has 0 saturated heterocycles. The molecule has 6 rings (SSSR count). The summed E-state index contributed by atoms with van der Waals surface area (Å²) in [6.45, 7) is 0.702. The molecule has 3 nitrogen and oxygen atoms in total. The van der Waals surface area contributed by atoms with Gasteiger partial charge in [-0.05, 0) is 53.1 Å². The number of rotatable bonds is 5. The summed E-state index contributed by atoms with van der Waals surface area (Å²) in [6.07, 6.45) is 8.64. The van der Waals surface area contributed by atoms with Crippen molar-refractivity contribution in [2.24, 2.45) is 0 Å². The number of benzene rings is 4. The van der Waals surface area contributed by atoms with Gasteiger partial charge in [-0.15, -0.1) is 0 Å². The molecule has 0 atom stereocenters. The maximum absolute atomic E-state index is 9.85. The number of para-hydroxylation sites is 1. The fourth-order valence-electron chi connectivity index (χ4n) is 4.81. The molecule has 2 heterocycles. The first kappa shape index (κ1) is 23.1. The Balaban J connectivity index is 1.25. The number of nitrogens with zero attached hydrogens (tertiary/aromatic N) is 2. The van der Waals surface area contributed by atoms with Crippen LogP contribution >= 0.6 is 11.8 Å². The largest absolute Gasteiger partial charge is 0.508 e. The third-order valence-corrected chi connectivity index (χ3v) is 7.88. The summed E-state index contributed by atoms with van der Waals surface area (Å²) in [7, 11) is 2.13. The Morgan fingerprint density at radius 3 is 2.54 bits per heavy atom. The van der Waals surface area contributed by atoms with Gasteiger partial charge in [0.15, 0.2) is 12.7 Å². The van der Waals surface area contributed by atoms with Crippen molar-refractivity contribution in [2.45, 2.75) is 11.4 Å². The predicted molar refractivity (Wildman–Crippen MR) is 155 cm³/mol. The Hall–Kier alpha value is -4.28. The molecule has 0 fully saturated rings. The smallest absolute Gasteiger partial charge is 0.213 e. The van der Waals surface area contributed by atoms with Gasteiger partial charge < -0.3 is 10.0 Å². The highest BCUT2D eigenvalue weighted by Gasteiger charge is 2.22. The minimum absolute atomic E-state index is 0.295. The molecule has 0 spiro atoms. The maximum atomic E-state index is 9.85. The fraction of sp³-hybridized carbons (Fsp3) is 0.0606. The monoisotopic (exact) mass is 499 g/mol. The summed E-state index contributed by atoms with van der Waals surface area (Å²) >= 11 is 1.81. The predicted octanol–water partition coefficient (Wildman–Crippen LogP) is 7.64. The zero-order valence-electron chi connectivity index (χ0n) is 20.6. The minimum Gasteiger partial charge on any atom is -0.508 e. The highest BCUT2D eigenvalue weighted by molar-refractivity contribution is 8.03. The number of allylic oxidation sites excluding steroid dienone is 2. The Kier molecular flexibility index (Phi) is 6.25. The van der Waals surface area contributed by atoms with Gasteiger partial charge in [0.2, 0.25) is 5.52 Å². The van der Waals surface area contributed by atoms with Crippen LogP contribution in [0.5, 0.6) is 5.75 Å². The molecular formula is C33H27N2OS+. The van der Waals surface area contributed by atoms with Gasteiger partial charge in [-0.1, -0.05) is 84.6 Å². The van der Waals surface area contributed by atoms with Crippen LogP contribution in [0.1, 0.15) is 11.1 Å². The lowest BCUT2D eigenvalue weighted by atomic mass is 10.1. The van der Waals surface area contributed by atoms with Crippen molar-refractivity contribution in [1.82, 2.24) is 0 Å². The van der Waals surface area contributed by atoms with E-state index in [4.69, 9.17) is 0 Å². The second-order valence-electron chi connectivity index (χ2n) is 9.16. The molecule has 0 radical (unpaired) electrons. The SMILES string of the molecule is CN1C(=CC=Cc2cc[n+](Cc3cccc(O)c3)c3ccccc23)Sc2cc(-c3ccccc3)ccc21. The molecule has 0 aliphatic carbocycles. The van der Waals surface area contributed by atoms with E-state index in [0.717, 1.165) is 11.1 Å². The number of aromatic nitrogens is 1. The topological polar surface area (TPSA) is 27.4 Å². The molecule has 0 saturated carbocycles. The molecule has 1 aromatic heterocycles. The average Bonchev–Trinajstić information content (AvgIpc) is 3.25. The molecule has 0 amide bonds. The van der Waals surface area contributed by atoms with E-state index in [1.54, 1.807) is 6.07 Å². The molecule has 1 aliphatic rings. The third kappa shape index (κ3) is 4.76. The molecule has 1 aliphatic heterocycles. The highest BCUT2D eigenvalue weighted by Crippen LogP contribution is 2.46. The number of hydrogen-bond acceptors (Lipinski definition) is 3. The number of pyridine rings is 1. The van der Waals surface area contributed by atoms with Crippen molar-refractivity contribution in [2.75, 3.05) is 11.9 Å². The van der Waals surface area contributed by atoms with Crippen LogP contribution in [0.4, 0.5) is 5.69 Å². The average molecular weight is 500 g/mol. The molecule has 180 valence electrons. The van der Waals surface area contributed by atoms with Gasteiger partial charge in [-0.3, -0.25) is 0 Å². The lowest BCUT2D eigenvalue weighted by Gasteiger charge is -2.13. The van der Waals surface area contributed by atoms with E-state index >= 15 is 0 Å². The van der Waals surface area contributed by atoms with E-state index in [2.05, 4.69) is 120 Å². The summed E-state index contributed by atoms with van der Waals surface area (Å²) in [5.41, 5.74) is 7.12. The van der Waals surface area contributed by atoms with Crippen LogP contribution in [0.2, 0.25) is 0 Å². The first-order chi connectivity index (χ1) is 18.2. The first-order valence-electron chi connectivity index (χ1n) is 12.3. The Morgan fingerprint density at radius 1 is 0.838 bits per heavy atom. The van der Waals surface area contributed by atoms with E-state index in [-0.39, 0.29) is 0 Å². The standard InChI is InChI=1S/C33H26N2OS/c1-34-31-18-17-27(25-10-3-2-4-11-25)22-32(31)37-33(34)16-8-12-26-19-20-35(30-15-6-5-14-29(26)30)23-24-9-7-13-28(36)21-24/h2-22H,23H2,1H3/p+1. The summed E-state index contributed by atoms with van der Waals surface area (Å²) in [5, 5.41) is 12.2. The van der Waals surface area contributed by atoms with Gasteiger partial charge in [0.1, 0.15) is 5.75 Å². The minimum atomic E-state index is 0.295. The van der Waals surface area contributed by atoms with Crippen molar-refractivity contribution < 1.29 is 9.67 Å². The molecular weight excluding hydrogens is 472 g/mol. The molecule has 4 aromatic carbocycles. The summed E-state index contributed by atoms with van der Waals surface area (Å²) in [4.78, 5) is 3.53. The van der Waals surface area contributed by atoms with Crippen LogP contribution in [0.3, 0.4) is 0 Å². The Morgan fingerprint density at radius 2 is 1.68 bits per heavy atom. The second-order valence-corrected chi connectivity index (χ2v) is 10.2. The second kappa shape index (κ2) is 10.00. The number of aromatic hydroxyl groups is 1. The highest BCUT2D eigenvalue weighted by atomic mass is 32.2. The zero-order valence-corrected chi connectivity index (χ0v) is 21.4. The third-order valence-electron chi connectivity index (χ3n) is 6.71. The Labute approximate surface area is 221 Å².